The maximum absolute atomic E-state index is 12.5. The van der Waals surface area contributed by atoms with Crippen molar-refractivity contribution in [1.82, 2.24) is 9.97 Å². The van der Waals surface area contributed by atoms with Crippen molar-refractivity contribution < 1.29 is 13.2 Å². The third-order valence-electron chi connectivity index (χ3n) is 4.46. The van der Waals surface area contributed by atoms with Crippen molar-refractivity contribution in [1.29, 1.82) is 0 Å². The van der Waals surface area contributed by atoms with Crippen LogP contribution in [-0.4, -0.2) is 41.8 Å². The summed E-state index contributed by atoms with van der Waals surface area (Å²) in [5.74, 6) is 0.324. The number of nitrogens with zero attached hydrogens (tertiary/aromatic N) is 2. The molecule has 1 aliphatic heterocycles. The number of anilines is 2. The van der Waals surface area contributed by atoms with Gasteiger partial charge in [0.05, 0.1) is 17.1 Å². The Morgan fingerprint density at radius 3 is 2.62 bits per heavy atom. The van der Waals surface area contributed by atoms with Gasteiger partial charge in [0.15, 0.2) is 9.84 Å². The zero-order chi connectivity index (χ0) is 18.7. The summed E-state index contributed by atoms with van der Waals surface area (Å²) < 4.78 is 23.0. The van der Waals surface area contributed by atoms with Gasteiger partial charge in [-0.15, -0.1) is 0 Å². The minimum absolute atomic E-state index is 0.0890. The molecule has 8 heteroatoms. The fourth-order valence-electron chi connectivity index (χ4n) is 3.00. The van der Waals surface area contributed by atoms with Gasteiger partial charge in [-0.05, 0) is 30.9 Å². The van der Waals surface area contributed by atoms with E-state index in [0.29, 0.717) is 17.9 Å². The SMILES string of the molecule is CCc1cccc(C)c1NC(=O)c1cnc(NC2CCS(=O)(=O)C2)nc1. The average Bonchev–Trinajstić information content (AvgIpc) is 2.95. The molecule has 26 heavy (non-hydrogen) atoms. The second-order valence-electron chi connectivity index (χ2n) is 6.46. The van der Waals surface area contributed by atoms with Crippen LogP contribution in [0.15, 0.2) is 30.6 Å². The van der Waals surface area contributed by atoms with Gasteiger partial charge in [-0.2, -0.15) is 0 Å². The van der Waals surface area contributed by atoms with Crippen LogP contribution in [0.25, 0.3) is 0 Å². The molecule has 1 aromatic carbocycles. The Bertz CT molecular complexity index is 911. The molecular weight excluding hydrogens is 352 g/mol. The Balaban J connectivity index is 1.68. The monoisotopic (exact) mass is 374 g/mol. The average molecular weight is 374 g/mol. The van der Waals surface area contributed by atoms with Crippen molar-refractivity contribution in [3.8, 4) is 0 Å². The van der Waals surface area contributed by atoms with E-state index >= 15 is 0 Å². The lowest BCUT2D eigenvalue weighted by Crippen LogP contribution is -2.22. The fourth-order valence-corrected chi connectivity index (χ4v) is 4.67. The molecule has 3 rings (SSSR count). The highest BCUT2D eigenvalue weighted by molar-refractivity contribution is 7.91. The van der Waals surface area contributed by atoms with Crippen LogP contribution in [0.2, 0.25) is 0 Å². The molecule has 1 aliphatic rings. The topological polar surface area (TPSA) is 101 Å². The molecule has 0 bridgehead atoms. The van der Waals surface area contributed by atoms with E-state index in [1.165, 1.54) is 12.4 Å². The van der Waals surface area contributed by atoms with E-state index in [1.807, 2.05) is 32.0 Å². The van der Waals surface area contributed by atoms with Crippen LogP contribution in [0.1, 0.15) is 34.8 Å². The molecule has 1 saturated heterocycles. The van der Waals surface area contributed by atoms with E-state index in [1.54, 1.807) is 0 Å². The highest BCUT2D eigenvalue weighted by Crippen LogP contribution is 2.22. The van der Waals surface area contributed by atoms with E-state index in [4.69, 9.17) is 0 Å². The Morgan fingerprint density at radius 2 is 2.00 bits per heavy atom. The first-order chi connectivity index (χ1) is 12.4. The van der Waals surface area contributed by atoms with Crippen LogP contribution in [0.3, 0.4) is 0 Å². The Labute approximate surface area is 153 Å². The first kappa shape index (κ1) is 18.3. The third kappa shape index (κ3) is 4.19. The molecule has 7 nitrogen and oxygen atoms in total. The van der Waals surface area contributed by atoms with Crippen molar-refractivity contribution >= 4 is 27.4 Å². The fraction of sp³-hybridized carbons (Fsp3) is 0.389. The summed E-state index contributed by atoms with van der Waals surface area (Å²) >= 11 is 0. The second kappa shape index (κ2) is 7.41. The predicted octanol–water partition coefficient (Wildman–Crippen LogP) is 2.20. The lowest BCUT2D eigenvalue weighted by atomic mass is 10.1. The molecule has 2 N–H and O–H groups in total. The largest absolute Gasteiger partial charge is 0.350 e. The number of amides is 1. The summed E-state index contributed by atoms with van der Waals surface area (Å²) in [6.07, 6.45) is 4.25. The molecule has 1 aromatic heterocycles. The van der Waals surface area contributed by atoms with Gasteiger partial charge >= 0.3 is 0 Å². The van der Waals surface area contributed by atoms with Gasteiger partial charge in [0, 0.05) is 24.1 Å². The molecule has 1 amide bonds. The highest BCUT2D eigenvalue weighted by Gasteiger charge is 2.28. The van der Waals surface area contributed by atoms with Gasteiger partial charge in [0.2, 0.25) is 5.95 Å². The van der Waals surface area contributed by atoms with E-state index in [9.17, 15) is 13.2 Å². The lowest BCUT2D eigenvalue weighted by Gasteiger charge is -2.13. The number of hydrogen-bond donors (Lipinski definition) is 2. The van der Waals surface area contributed by atoms with Crippen LogP contribution in [0.4, 0.5) is 11.6 Å². The number of aromatic nitrogens is 2. The third-order valence-corrected chi connectivity index (χ3v) is 6.23. The van der Waals surface area contributed by atoms with Crippen molar-refractivity contribution in [2.45, 2.75) is 32.7 Å². The summed E-state index contributed by atoms with van der Waals surface area (Å²) in [5, 5.41) is 5.94. The predicted molar refractivity (Wildman–Crippen MR) is 101 cm³/mol. The van der Waals surface area contributed by atoms with E-state index in [-0.39, 0.29) is 23.5 Å². The minimum Gasteiger partial charge on any atom is -0.350 e. The number of rotatable bonds is 5. The number of carbonyl (C=O) groups is 1. The minimum atomic E-state index is -2.96. The van der Waals surface area contributed by atoms with Gasteiger partial charge < -0.3 is 10.6 Å². The van der Waals surface area contributed by atoms with Crippen LogP contribution in [0, 0.1) is 6.92 Å². The van der Waals surface area contributed by atoms with E-state index < -0.39 is 9.84 Å². The molecule has 1 atom stereocenters. The maximum Gasteiger partial charge on any atom is 0.258 e. The van der Waals surface area contributed by atoms with Crippen LogP contribution >= 0.6 is 0 Å². The number of hydrogen-bond acceptors (Lipinski definition) is 6. The molecular formula is C18H22N4O3S. The summed E-state index contributed by atoms with van der Waals surface area (Å²) in [7, 11) is -2.96. The van der Waals surface area contributed by atoms with Gasteiger partial charge in [-0.1, -0.05) is 25.1 Å². The van der Waals surface area contributed by atoms with Crippen molar-refractivity contribution in [3.63, 3.8) is 0 Å². The van der Waals surface area contributed by atoms with E-state index in [2.05, 4.69) is 20.6 Å². The van der Waals surface area contributed by atoms with Gasteiger partial charge in [-0.3, -0.25) is 4.79 Å². The molecule has 0 saturated carbocycles. The van der Waals surface area contributed by atoms with E-state index in [0.717, 1.165) is 23.2 Å². The molecule has 138 valence electrons. The van der Waals surface area contributed by atoms with Crippen molar-refractivity contribution in [2.24, 2.45) is 0 Å². The number of sulfone groups is 1. The number of benzene rings is 1. The summed E-state index contributed by atoms with van der Waals surface area (Å²) in [6, 6.07) is 5.73. The number of nitrogens with one attached hydrogen (secondary N) is 2. The molecule has 1 unspecified atom stereocenters. The quantitative estimate of drug-likeness (QED) is 0.832. The normalized spacial score (nSPS) is 18.5. The molecule has 2 heterocycles. The Morgan fingerprint density at radius 1 is 1.27 bits per heavy atom. The Kier molecular flexibility index (Phi) is 5.22. The van der Waals surface area contributed by atoms with Crippen molar-refractivity contribution in [3.05, 3.63) is 47.3 Å². The Hall–Kier alpha value is -2.48. The molecule has 0 radical (unpaired) electrons. The van der Waals surface area contributed by atoms with Gasteiger partial charge in [-0.25, -0.2) is 18.4 Å². The zero-order valence-electron chi connectivity index (χ0n) is 14.8. The maximum atomic E-state index is 12.5. The summed E-state index contributed by atoms with van der Waals surface area (Å²) in [5.41, 5.74) is 3.23. The first-order valence-electron chi connectivity index (χ1n) is 8.57. The first-order valence-corrected chi connectivity index (χ1v) is 10.4. The zero-order valence-corrected chi connectivity index (χ0v) is 15.6. The van der Waals surface area contributed by atoms with Crippen molar-refractivity contribution in [2.75, 3.05) is 22.1 Å². The standard InChI is InChI=1S/C18H22N4O3S/c1-3-13-6-4-5-12(2)16(13)22-17(23)14-9-19-18(20-10-14)21-15-7-8-26(24,25)11-15/h4-6,9-10,15H,3,7-8,11H2,1-2H3,(H,22,23)(H,19,20,21). The number of carbonyl (C=O) groups excluding carboxylic acids is 1. The number of aryl methyl sites for hydroxylation is 2. The summed E-state index contributed by atoms with van der Waals surface area (Å²) in [4.78, 5) is 20.8. The smallest absolute Gasteiger partial charge is 0.258 e. The van der Waals surface area contributed by atoms with Crippen LogP contribution in [-0.2, 0) is 16.3 Å². The highest BCUT2D eigenvalue weighted by atomic mass is 32.2. The summed E-state index contributed by atoms with van der Waals surface area (Å²) in [6.45, 7) is 3.99. The molecule has 0 spiro atoms. The molecule has 1 fully saturated rings. The van der Waals surface area contributed by atoms with Crippen LogP contribution < -0.4 is 10.6 Å². The molecule has 2 aromatic rings. The second-order valence-corrected chi connectivity index (χ2v) is 8.69. The van der Waals surface area contributed by atoms with Gasteiger partial charge in [0.1, 0.15) is 0 Å². The molecule has 0 aliphatic carbocycles. The number of para-hydroxylation sites is 1. The lowest BCUT2D eigenvalue weighted by molar-refractivity contribution is 0.102. The van der Waals surface area contributed by atoms with Gasteiger partial charge in [0.25, 0.3) is 5.91 Å². The van der Waals surface area contributed by atoms with Crippen LogP contribution in [0.5, 0.6) is 0 Å².